The second kappa shape index (κ2) is 7.09. The maximum absolute atomic E-state index is 12.2. The lowest BCUT2D eigenvalue weighted by molar-refractivity contribution is -0.135. The van der Waals surface area contributed by atoms with Crippen molar-refractivity contribution < 1.29 is 14.1 Å². The summed E-state index contributed by atoms with van der Waals surface area (Å²) in [6, 6.07) is 7.21. The Morgan fingerprint density at radius 1 is 1.26 bits per heavy atom. The van der Waals surface area contributed by atoms with E-state index in [4.69, 9.17) is 4.52 Å². The Morgan fingerprint density at radius 2 is 1.91 bits per heavy atom. The molecular formula is C17H21N3O3. The third-order valence-electron chi connectivity index (χ3n) is 3.68. The van der Waals surface area contributed by atoms with Gasteiger partial charge in [-0.2, -0.15) is 0 Å². The number of benzene rings is 1. The molecule has 0 aliphatic heterocycles. The van der Waals surface area contributed by atoms with Gasteiger partial charge >= 0.3 is 0 Å². The summed E-state index contributed by atoms with van der Waals surface area (Å²) < 4.78 is 4.78. The molecule has 2 rings (SSSR count). The highest BCUT2D eigenvalue weighted by Crippen LogP contribution is 2.18. The molecule has 1 heterocycles. The molecule has 1 atom stereocenters. The van der Waals surface area contributed by atoms with Crippen molar-refractivity contribution in [2.75, 3.05) is 12.4 Å². The van der Waals surface area contributed by atoms with Crippen LogP contribution in [-0.2, 0) is 9.59 Å². The third kappa shape index (κ3) is 4.42. The normalized spacial score (nSPS) is 11.8. The minimum atomic E-state index is -0.334. The number of carbonyl (C=O) groups is 2. The number of hydrogen-bond acceptors (Lipinski definition) is 4. The van der Waals surface area contributed by atoms with E-state index in [0.717, 1.165) is 11.1 Å². The van der Waals surface area contributed by atoms with Gasteiger partial charge in [0.15, 0.2) is 0 Å². The van der Waals surface area contributed by atoms with E-state index in [1.165, 1.54) is 11.2 Å². The molecule has 0 radical (unpaired) electrons. The molecule has 0 saturated carbocycles. The van der Waals surface area contributed by atoms with Gasteiger partial charge in [0, 0.05) is 18.8 Å². The molecule has 0 aliphatic rings. The molecule has 1 N–H and O–H groups in total. The summed E-state index contributed by atoms with van der Waals surface area (Å²) >= 11 is 0. The van der Waals surface area contributed by atoms with Gasteiger partial charge in [-0.05, 0) is 44.0 Å². The first-order chi connectivity index (χ1) is 10.9. The van der Waals surface area contributed by atoms with Gasteiger partial charge in [0.05, 0.1) is 6.04 Å². The Hall–Kier alpha value is -2.63. The first-order valence-electron chi connectivity index (χ1n) is 7.41. The van der Waals surface area contributed by atoms with Crippen LogP contribution in [0.1, 0.15) is 36.2 Å². The van der Waals surface area contributed by atoms with Crippen molar-refractivity contribution in [1.82, 2.24) is 10.1 Å². The largest absolute Gasteiger partial charge is 0.364 e. The summed E-state index contributed by atoms with van der Waals surface area (Å²) in [5, 5.41) is 6.58. The Balaban J connectivity index is 1.95. The van der Waals surface area contributed by atoms with E-state index in [1.54, 1.807) is 13.1 Å². The number of nitrogens with one attached hydrogen (secondary N) is 1. The second-order valence-corrected chi connectivity index (χ2v) is 5.71. The van der Waals surface area contributed by atoms with Gasteiger partial charge < -0.3 is 14.7 Å². The van der Waals surface area contributed by atoms with Gasteiger partial charge in [0.2, 0.25) is 11.8 Å². The lowest BCUT2D eigenvalue weighted by atomic mass is 10.1. The lowest BCUT2D eigenvalue weighted by Crippen LogP contribution is -2.32. The molecule has 122 valence electrons. The monoisotopic (exact) mass is 315 g/mol. The van der Waals surface area contributed by atoms with Crippen LogP contribution in [0, 0.1) is 13.8 Å². The molecule has 2 amide bonds. The molecular weight excluding hydrogens is 294 g/mol. The number of aryl methyl sites for hydroxylation is 2. The number of amides is 2. The summed E-state index contributed by atoms with van der Waals surface area (Å²) in [4.78, 5) is 25.8. The standard InChI is InChI=1S/C17H21N3O3/c1-11-7-12(2)9-14(8-11)18-16(21)10-17(22)20(4)13(3)15-5-6-23-19-15/h5-9,13H,10H2,1-4H3,(H,18,21). The minimum absolute atomic E-state index is 0.217. The van der Waals surface area contributed by atoms with Gasteiger partial charge in [-0.25, -0.2) is 0 Å². The minimum Gasteiger partial charge on any atom is -0.364 e. The van der Waals surface area contributed by atoms with Crippen LogP contribution in [0.3, 0.4) is 0 Å². The Morgan fingerprint density at radius 3 is 2.48 bits per heavy atom. The highest BCUT2D eigenvalue weighted by molar-refractivity contribution is 6.03. The molecule has 1 aromatic carbocycles. The summed E-state index contributed by atoms with van der Waals surface area (Å²) in [7, 11) is 1.64. The predicted molar refractivity (Wildman–Crippen MR) is 86.9 cm³/mol. The van der Waals surface area contributed by atoms with E-state index in [0.29, 0.717) is 11.4 Å². The molecule has 6 heteroatoms. The van der Waals surface area contributed by atoms with E-state index < -0.39 is 0 Å². The van der Waals surface area contributed by atoms with Crippen LogP contribution in [0.25, 0.3) is 0 Å². The zero-order valence-electron chi connectivity index (χ0n) is 13.8. The van der Waals surface area contributed by atoms with Crippen molar-refractivity contribution in [3.8, 4) is 0 Å². The number of carbonyl (C=O) groups excluding carboxylic acids is 2. The third-order valence-corrected chi connectivity index (χ3v) is 3.68. The SMILES string of the molecule is Cc1cc(C)cc(NC(=O)CC(=O)N(C)C(C)c2ccon2)c1. The molecule has 0 bridgehead atoms. The average molecular weight is 315 g/mol. The summed E-state index contributed by atoms with van der Waals surface area (Å²) in [6.45, 7) is 5.75. The van der Waals surface area contributed by atoms with Crippen molar-refractivity contribution in [3.63, 3.8) is 0 Å². The molecule has 6 nitrogen and oxygen atoms in total. The highest BCUT2D eigenvalue weighted by atomic mass is 16.5. The van der Waals surface area contributed by atoms with Crippen molar-refractivity contribution in [3.05, 3.63) is 47.3 Å². The summed E-state index contributed by atoms with van der Waals surface area (Å²) in [6.07, 6.45) is 1.24. The maximum Gasteiger partial charge on any atom is 0.233 e. The smallest absolute Gasteiger partial charge is 0.233 e. The topological polar surface area (TPSA) is 75.4 Å². The number of anilines is 1. The van der Waals surface area contributed by atoms with Crippen LogP contribution in [0.5, 0.6) is 0 Å². The number of nitrogens with zero attached hydrogens (tertiary/aromatic N) is 2. The van der Waals surface area contributed by atoms with E-state index in [1.807, 2.05) is 39.0 Å². The molecule has 1 aromatic heterocycles. The van der Waals surface area contributed by atoms with Gasteiger partial charge in [0.1, 0.15) is 18.4 Å². The highest BCUT2D eigenvalue weighted by Gasteiger charge is 2.21. The summed E-state index contributed by atoms with van der Waals surface area (Å²) in [5.74, 6) is -0.610. The van der Waals surface area contributed by atoms with Gasteiger partial charge in [-0.3, -0.25) is 9.59 Å². The molecule has 0 saturated heterocycles. The second-order valence-electron chi connectivity index (χ2n) is 5.71. The molecule has 0 aliphatic carbocycles. The molecule has 2 aromatic rings. The summed E-state index contributed by atoms with van der Waals surface area (Å²) in [5.41, 5.74) is 3.47. The number of rotatable bonds is 5. The molecule has 0 fully saturated rings. The van der Waals surface area contributed by atoms with Crippen molar-refractivity contribution >= 4 is 17.5 Å². The van der Waals surface area contributed by atoms with Gasteiger partial charge in [0.25, 0.3) is 0 Å². The van der Waals surface area contributed by atoms with Crippen LogP contribution in [0.2, 0.25) is 0 Å². The van der Waals surface area contributed by atoms with E-state index in [2.05, 4.69) is 10.5 Å². The first-order valence-corrected chi connectivity index (χ1v) is 7.41. The van der Waals surface area contributed by atoms with Crippen LogP contribution < -0.4 is 5.32 Å². The molecule has 0 spiro atoms. The van der Waals surface area contributed by atoms with Gasteiger partial charge in [-0.1, -0.05) is 11.2 Å². The quantitative estimate of drug-likeness (QED) is 0.861. The predicted octanol–water partition coefficient (Wildman–Crippen LogP) is 2.84. The fraction of sp³-hybridized carbons (Fsp3) is 0.353. The van der Waals surface area contributed by atoms with E-state index >= 15 is 0 Å². The number of aromatic nitrogens is 1. The molecule has 23 heavy (non-hydrogen) atoms. The van der Waals surface area contributed by atoms with E-state index in [9.17, 15) is 9.59 Å². The Bertz CT molecular complexity index is 675. The van der Waals surface area contributed by atoms with Crippen LogP contribution in [0.4, 0.5) is 5.69 Å². The molecule has 1 unspecified atom stereocenters. The van der Waals surface area contributed by atoms with E-state index in [-0.39, 0.29) is 24.3 Å². The number of hydrogen-bond donors (Lipinski definition) is 1. The van der Waals surface area contributed by atoms with Crippen molar-refractivity contribution in [2.24, 2.45) is 0 Å². The fourth-order valence-corrected chi connectivity index (χ4v) is 2.37. The maximum atomic E-state index is 12.2. The van der Waals surface area contributed by atoms with Crippen LogP contribution >= 0.6 is 0 Å². The average Bonchev–Trinajstić information content (AvgIpc) is 2.98. The Labute approximate surface area is 135 Å². The van der Waals surface area contributed by atoms with Crippen molar-refractivity contribution in [1.29, 1.82) is 0 Å². The van der Waals surface area contributed by atoms with Crippen LogP contribution in [0.15, 0.2) is 35.1 Å². The van der Waals surface area contributed by atoms with Gasteiger partial charge in [-0.15, -0.1) is 0 Å². The first kappa shape index (κ1) is 16.7. The fourth-order valence-electron chi connectivity index (χ4n) is 2.37. The lowest BCUT2D eigenvalue weighted by Gasteiger charge is -2.23. The zero-order valence-corrected chi connectivity index (χ0v) is 13.8. The van der Waals surface area contributed by atoms with Crippen LogP contribution in [-0.4, -0.2) is 28.9 Å². The van der Waals surface area contributed by atoms with Crippen molar-refractivity contribution in [2.45, 2.75) is 33.2 Å². The Kier molecular flexibility index (Phi) is 5.16. The zero-order chi connectivity index (χ0) is 17.0.